The Bertz CT molecular complexity index is 1550. The van der Waals surface area contributed by atoms with Crippen LogP contribution >= 0.6 is 35.3 Å². The lowest BCUT2D eigenvalue weighted by Gasteiger charge is -2.28. The number of nitrogens with zero attached hydrogens (tertiary/aromatic N) is 2. The number of amides is 6. The Labute approximate surface area is 255 Å². The molecule has 0 atom stereocenters. The van der Waals surface area contributed by atoms with Gasteiger partial charge in [-0.25, -0.2) is 35.8 Å². The van der Waals surface area contributed by atoms with Crippen LogP contribution in [0.5, 0.6) is 0 Å². The summed E-state index contributed by atoms with van der Waals surface area (Å²) in [4.78, 5) is 52.1. The van der Waals surface area contributed by atoms with Gasteiger partial charge in [-0.15, -0.1) is 0 Å². The molecule has 0 radical (unpaired) electrons. The van der Waals surface area contributed by atoms with E-state index in [0.717, 1.165) is 45.0 Å². The molecule has 8 nitrogen and oxygen atoms in total. The number of carbonyl (C=O) groups is 4. The number of benzene rings is 4. The van der Waals surface area contributed by atoms with Gasteiger partial charge in [0, 0.05) is 10.0 Å². The van der Waals surface area contributed by atoms with E-state index in [9.17, 15) is 36.7 Å². The van der Waals surface area contributed by atoms with Gasteiger partial charge in [0.15, 0.2) is 0 Å². The number of urea groups is 2. The van der Waals surface area contributed by atoms with E-state index in [-0.39, 0.29) is 21.4 Å². The smallest absolute Gasteiger partial charge is 0.273 e. The van der Waals surface area contributed by atoms with Crippen molar-refractivity contribution in [3.8, 4) is 0 Å². The molecule has 0 saturated carbocycles. The molecule has 0 heterocycles. The predicted molar refractivity (Wildman–Crippen MR) is 154 cm³/mol. The van der Waals surface area contributed by atoms with E-state index in [1.54, 1.807) is 0 Å². The third-order valence-electron chi connectivity index (χ3n) is 5.48. The van der Waals surface area contributed by atoms with Crippen molar-refractivity contribution in [3.63, 3.8) is 0 Å². The fourth-order valence-electron chi connectivity index (χ4n) is 3.49. The molecule has 0 spiro atoms. The van der Waals surface area contributed by atoms with Gasteiger partial charge in [0.2, 0.25) is 0 Å². The van der Waals surface area contributed by atoms with Crippen molar-refractivity contribution in [2.24, 2.45) is 0 Å². The van der Waals surface area contributed by atoms with Gasteiger partial charge in [-0.1, -0.05) is 35.3 Å². The first-order chi connectivity index (χ1) is 20.5. The van der Waals surface area contributed by atoms with Crippen molar-refractivity contribution in [1.82, 2.24) is 10.6 Å². The van der Waals surface area contributed by atoms with Crippen LogP contribution in [0.15, 0.2) is 84.9 Å². The van der Waals surface area contributed by atoms with Crippen LogP contribution in [-0.2, 0) is 0 Å². The summed E-state index contributed by atoms with van der Waals surface area (Å²) in [6, 6.07) is 13.5. The van der Waals surface area contributed by atoms with Crippen LogP contribution in [-0.4, -0.2) is 23.9 Å². The highest BCUT2D eigenvalue weighted by Crippen LogP contribution is 2.32. The Hall–Kier alpha value is -4.59. The summed E-state index contributed by atoms with van der Waals surface area (Å²) >= 11 is 12.2. The van der Waals surface area contributed by atoms with Crippen molar-refractivity contribution >= 4 is 70.6 Å². The molecule has 4 aromatic rings. The van der Waals surface area contributed by atoms with Crippen LogP contribution in [0.3, 0.4) is 0 Å². The highest BCUT2D eigenvalue weighted by atomic mass is 35.5. The van der Waals surface area contributed by atoms with Gasteiger partial charge in [-0.3, -0.25) is 20.2 Å². The van der Waals surface area contributed by atoms with E-state index in [1.807, 2.05) is 10.6 Å². The Morgan fingerprint density at radius 3 is 1.14 bits per heavy atom. The topological polar surface area (TPSA) is 98.8 Å². The highest BCUT2D eigenvalue weighted by Gasteiger charge is 2.30. The molecule has 6 amide bonds. The van der Waals surface area contributed by atoms with Crippen molar-refractivity contribution in [2.45, 2.75) is 0 Å². The second kappa shape index (κ2) is 13.6. The molecule has 0 aromatic heterocycles. The van der Waals surface area contributed by atoms with Crippen LogP contribution in [0, 0.1) is 23.3 Å². The summed E-state index contributed by atoms with van der Waals surface area (Å²) in [6.07, 6.45) is 0. The predicted octanol–water partition coefficient (Wildman–Crippen LogP) is 7.53. The summed E-state index contributed by atoms with van der Waals surface area (Å²) in [6.45, 7) is 0. The molecule has 0 aliphatic rings. The van der Waals surface area contributed by atoms with E-state index in [1.165, 1.54) is 48.5 Å². The summed E-state index contributed by atoms with van der Waals surface area (Å²) in [5.41, 5.74) is -2.07. The standard InChI is InChI=1S/C28H16Cl2F4N4O4S/c29-15-7-11-17(12-8-15)37(27(41)35-25(39)23-19(31)3-1-4-20(23)32)43-38(18-13-9-16(30)10-14-18)28(42)36-26(40)24-21(33)5-2-6-22(24)34/h1-14H,(H,35,39,41)(H,36,40,42). The summed E-state index contributed by atoms with van der Waals surface area (Å²) in [5, 5.41) is 4.20. The quantitative estimate of drug-likeness (QED) is 0.166. The van der Waals surface area contributed by atoms with Crippen molar-refractivity contribution in [1.29, 1.82) is 0 Å². The van der Waals surface area contributed by atoms with Crippen molar-refractivity contribution in [2.75, 3.05) is 8.61 Å². The maximum atomic E-state index is 14.2. The van der Waals surface area contributed by atoms with Gasteiger partial charge in [0.05, 0.1) is 23.5 Å². The first-order valence-electron chi connectivity index (χ1n) is 11.8. The van der Waals surface area contributed by atoms with Gasteiger partial charge in [0.25, 0.3) is 11.8 Å². The van der Waals surface area contributed by atoms with Gasteiger partial charge in [-0.05, 0) is 72.8 Å². The normalized spacial score (nSPS) is 10.6. The van der Waals surface area contributed by atoms with E-state index < -0.39 is 58.3 Å². The number of nitrogens with one attached hydrogen (secondary N) is 2. The van der Waals surface area contributed by atoms with E-state index in [2.05, 4.69) is 0 Å². The molecule has 43 heavy (non-hydrogen) atoms. The molecule has 2 N–H and O–H groups in total. The second-order valence-corrected chi connectivity index (χ2v) is 10.1. The van der Waals surface area contributed by atoms with Crippen molar-refractivity contribution < 1.29 is 36.7 Å². The Morgan fingerprint density at radius 2 is 0.837 bits per heavy atom. The molecule has 0 aliphatic heterocycles. The fraction of sp³-hybridized carbons (Fsp3) is 0. The van der Waals surface area contributed by atoms with Gasteiger partial charge < -0.3 is 0 Å². The molecule has 0 fully saturated rings. The first-order valence-corrected chi connectivity index (χ1v) is 13.3. The van der Waals surface area contributed by atoms with Crippen LogP contribution in [0.1, 0.15) is 20.7 Å². The summed E-state index contributed by atoms with van der Waals surface area (Å²) < 4.78 is 58.3. The molecule has 0 bridgehead atoms. The minimum absolute atomic E-state index is 0.00643. The maximum absolute atomic E-state index is 14.2. The molecule has 4 rings (SSSR count). The van der Waals surface area contributed by atoms with Gasteiger partial charge >= 0.3 is 12.1 Å². The van der Waals surface area contributed by atoms with Crippen LogP contribution in [0.4, 0.5) is 38.5 Å². The number of anilines is 2. The van der Waals surface area contributed by atoms with Gasteiger partial charge in [-0.2, -0.15) is 0 Å². The molecule has 15 heteroatoms. The average molecular weight is 651 g/mol. The Kier molecular flexibility index (Phi) is 9.91. The first kappa shape index (κ1) is 31.3. The molecule has 0 saturated heterocycles. The minimum Gasteiger partial charge on any atom is -0.273 e. The SMILES string of the molecule is O=C(NC(=O)N(SN(C(=O)NC(=O)c1c(F)cccc1F)c1ccc(Cl)cc1)c1ccc(Cl)cc1)c1c(F)cccc1F. The van der Waals surface area contributed by atoms with Crippen molar-refractivity contribution in [3.05, 3.63) is 129 Å². The monoisotopic (exact) mass is 650 g/mol. The third-order valence-corrected chi connectivity index (χ3v) is 7.06. The third kappa shape index (κ3) is 7.44. The van der Waals surface area contributed by atoms with E-state index in [0.29, 0.717) is 12.1 Å². The van der Waals surface area contributed by atoms with Crippen LogP contribution in [0.25, 0.3) is 0 Å². The number of carbonyl (C=O) groups excluding carboxylic acids is 4. The number of rotatable bonds is 6. The lowest BCUT2D eigenvalue weighted by Crippen LogP contribution is -2.46. The molecular formula is C28H16Cl2F4N4O4S. The van der Waals surface area contributed by atoms with E-state index >= 15 is 0 Å². The molecular weight excluding hydrogens is 635 g/mol. The average Bonchev–Trinajstić information content (AvgIpc) is 2.94. The zero-order valence-electron chi connectivity index (χ0n) is 21.3. The highest BCUT2D eigenvalue weighted by molar-refractivity contribution is 8.03. The van der Waals surface area contributed by atoms with E-state index in [4.69, 9.17) is 23.2 Å². The number of imide groups is 2. The number of hydrogen-bond acceptors (Lipinski definition) is 5. The van der Waals surface area contributed by atoms with Gasteiger partial charge in [0.1, 0.15) is 34.4 Å². The zero-order valence-corrected chi connectivity index (χ0v) is 23.6. The number of hydrogen-bond donors (Lipinski definition) is 2. The summed E-state index contributed by atoms with van der Waals surface area (Å²) in [5.74, 6) is -7.83. The second-order valence-electron chi connectivity index (χ2n) is 8.34. The van der Waals surface area contributed by atoms with Crippen LogP contribution in [0.2, 0.25) is 10.0 Å². The zero-order chi connectivity index (χ0) is 31.3. The molecule has 220 valence electrons. The fourth-order valence-corrected chi connectivity index (χ4v) is 4.57. The Morgan fingerprint density at radius 1 is 0.535 bits per heavy atom. The summed E-state index contributed by atoms with van der Waals surface area (Å²) in [7, 11) is 0. The molecule has 0 unspecified atom stereocenters. The minimum atomic E-state index is -1.44. The number of halogens is 6. The largest absolute Gasteiger partial charge is 0.340 e. The Balaban J connectivity index is 1.70. The lowest BCUT2D eigenvalue weighted by atomic mass is 10.2. The van der Waals surface area contributed by atoms with Crippen LogP contribution < -0.4 is 19.2 Å². The molecule has 4 aromatic carbocycles. The molecule has 0 aliphatic carbocycles. The lowest BCUT2D eigenvalue weighted by molar-refractivity contribution is 0.0948. The maximum Gasteiger partial charge on any atom is 0.340 e.